The van der Waals surface area contributed by atoms with Gasteiger partial charge >= 0.3 is 0 Å². The highest BCUT2D eigenvalue weighted by Crippen LogP contribution is 2.30. The zero-order chi connectivity index (χ0) is 13.0. The summed E-state index contributed by atoms with van der Waals surface area (Å²) in [7, 11) is 0. The van der Waals surface area contributed by atoms with E-state index >= 15 is 0 Å². The van der Waals surface area contributed by atoms with E-state index in [-0.39, 0.29) is 6.04 Å². The molecule has 2 aromatic heterocycles. The molecule has 0 saturated carbocycles. The van der Waals surface area contributed by atoms with Gasteiger partial charge in [-0.25, -0.2) is 9.97 Å². The number of aryl methyl sites for hydroxylation is 1. The van der Waals surface area contributed by atoms with Crippen LogP contribution in [0.15, 0.2) is 27.7 Å². The van der Waals surface area contributed by atoms with Crippen molar-refractivity contribution in [3.63, 3.8) is 0 Å². The summed E-state index contributed by atoms with van der Waals surface area (Å²) < 4.78 is 5.11. The molecule has 0 fully saturated rings. The second kappa shape index (κ2) is 6.26. The maximum atomic E-state index is 6.01. The number of aromatic nitrogens is 3. The quantitative estimate of drug-likeness (QED) is 0.912. The van der Waals surface area contributed by atoms with E-state index < -0.39 is 0 Å². The molecule has 0 bridgehead atoms. The van der Waals surface area contributed by atoms with E-state index in [1.807, 2.05) is 13.0 Å². The molecule has 0 saturated heterocycles. The van der Waals surface area contributed by atoms with E-state index in [4.69, 9.17) is 5.73 Å². The highest BCUT2D eigenvalue weighted by atomic mass is 32.2. The zero-order valence-electron chi connectivity index (χ0n) is 10.5. The summed E-state index contributed by atoms with van der Waals surface area (Å²) in [6.45, 7) is 3.99. The van der Waals surface area contributed by atoms with Crippen molar-refractivity contribution in [2.45, 2.75) is 42.1 Å². The van der Waals surface area contributed by atoms with Gasteiger partial charge in [-0.15, -0.1) is 0 Å². The van der Waals surface area contributed by atoms with Crippen molar-refractivity contribution in [2.75, 3.05) is 0 Å². The topological polar surface area (TPSA) is 64.7 Å². The van der Waals surface area contributed by atoms with E-state index in [9.17, 15) is 0 Å². The Labute approximate surface area is 115 Å². The summed E-state index contributed by atoms with van der Waals surface area (Å²) in [5, 5.41) is 0.984. The molecule has 1 atom stereocenters. The first-order chi connectivity index (χ1) is 8.69. The van der Waals surface area contributed by atoms with Crippen LogP contribution < -0.4 is 5.73 Å². The minimum atomic E-state index is 0.185. The molecular formula is C12H16N4S2. The molecule has 96 valence electrons. The van der Waals surface area contributed by atoms with Gasteiger partial charge < -0.3 is 5.73 Å². The van der Waals surface area contributed by atoms with Gasteiger partial charge in [0.1, 0.15) is 10.9 Å². The summed E-state index contributed by atoms with van der Waals surface area (Å²) in [6, 6.07) is 4.22. The van der Waals surface area contributed by atoms with Crippen LogP contribution in [0.1, 0.15) is 24.7 Å². The van der Waals surface area contributed by atoms with Gasteiger partial charge in [0.05, 0.1) is 0 Å². The number of nitrogens with two attached hydrogens (primary N) is 1. The van der Waals surface area contributed by atoms with E-state index in [0.29, 0.717) is 0 Å². The molecule has 6 heteroatoms. The molecule has 1 unspecified atom stereocenters. The second-order valence-electron chi connectivity index (χ2n) is 4.05. The highest BCUT2D eigenvalue weighted by Gasteiger charge is 2.11. The Morgan fingerprint density at radius 2 is 2.33 bits per heavy atom. The van der Waals surface area contributed by atoms with Gasteiger partial charge in [-0.05, 0) is 54.7 Å². The zero-order valence-corrected chi connectivity index (χ0v) is 12.1. The maximum absolute atomic E-state index is 6.01. The van der Waals surface area contributed by atoms with Crippen LogP contribution in [0.2, 0.25) is 0 Å². The van der Waals surface area contributed by atoms with Gasteiger partial charge in [-0.2, -0.15) is 4.37 Å². The Morgan fingerprint density at radius 1 is 1.50 bits per heavy atom. The lowest BCUT2D eigenvalue weighted by Crippen LogP contribution is -2.21. The smallest absolute Gasteiger partial charge is 0.176 e. The molecule has 0 aliphatic carbocycles. The Kier molecular flexibility index (Phi) is 4.68. The van der Waals surface area contributed by atoms with Crippen LogP contribution in [0, 0.1) is 6.92 Å². The standard InChI is InChI=1S/C12H16N4S2/c1-3-10(13)7-9-5-4-6-14-11(9)17-12-15-8(2)16-18-12/h4-6,10H,3,7,13H2,1-2H3. The summed E-state index contributed by atoms with van der Waals surface area (Å²) in [5.41, 5.74) is 7.19. The predicted octanol–water partition coefficient (Wildman–Crippen LogP) is 2.67. The fourth-order valence-corrected chi connectivity index (χ4v) is 3.16. The molecule has 0 aromatic carbocycles. The van der Waals surface area contributed by atoms with Gasteiger partial charge in [-0.1, -0.05) is 13.0 Å². The lowest BCUT2D eigenvalue weighted by Gasteiger charge is -2.11. The number of hydrogen-bond donors (Lipinski definition) is 1. The predicted molar refractivity (Wildman–Crippen MR) is 75.0 cm³/mol. The number of rotatable bonds is 5. The Balaban J connectivity index is 2.16. The monoisotopic (exact) mass is 280 g/mol. The molecule has 0 aliphatic heterocycles. The van der Waals surface area contributed by atoms with Crippen molar-refractivity contribution in [1.29, 1.82) is 0 Å². The third-order valence-electron chi connectivity index (χ3n) is 2.55. The van der Waals surface area contributed by atoms with Crippen molar-refractivity contribution in [3.8, 4) is 0 Å². The summed E-state index contributed by atoms with van der Waals surface area (Å²) in [4.78, 5) is 8.76. The number of nitrogens with zero attached hydrogens (tertiary/aromatic N) is 3. The first-order valence-electron chi connectivity index (χ1n) is 5.86. The van der Waals surface area contributed by atoms with Crippen molar-refractivity contribution in [3.05, 3.63) is 29.7 Å². The Morgan fingerprint density at radius 3 is 3.00 bits per heavy atom. The molecule has 2 aromatic rings. The normalized spacial score (nSPS) is 12.6. The number of pyridine rings is 1. The molecule has 2 rings (SSSR count). The third-order valence-corrected chi connectivity index (χ3v) is 4.45. The van der Waals surface area contributed by atoms with E-state index in [0.717, 1.165) is 28.0 Å². The highest BCUT2D eigenvalue weighted by molar-refractivity contribution is 8.00. The van der Waals surface area contributed by atoms with Crippen LogP contribution in [-0.4, -0.2) is 20.4 Å². The van der Waals surface area contributed by atoms with Gasteiger partial charge in [0.25, 0.3) is 0 Å². The Hall–Kier alpha value is -0.980. The van der Waals surface area contributed by atoms with Gasteiger partial charge in [-0.3, -0.25) is 0 Å². The van der Waals surface area contributed by atoms with Gasteiger partial charge in [0, 0.05) is 12.2 Å². The van der Waals surface area contributed by atoms with Gasteiger partial charge in [0.15, 0.2) is 4.34 Å². The largest absolute Gasteiger partial charge is 0.327 e. The van der Waals surface area contributed by atoms with E-state index in [1.54, 1.807) is 18.0 Å². The molecule has 0 aliphatic rings. The fraction of sp³-hybridized carbons (Fsp3) is 0.417. The van der Waals surface area contributed by atoms with E-state index in [1.165, 1.54) is 17.1 Å². The first kappa shape index (κ1) is 13.5. The van der Waals surface area contributed by atoms with Crippen molar-refractivity contribution >= 4 is 23.3 Å². The van der Waals surface area contributed by atoms with Crippen LogP contribution in [0.25, 0.3) is 0 Å². The Bertz CT molecular complexity index is 512. The number of hydrogen-bond acceptors (Lipinski definition) is 6. The summed E-state index contributed by atoms with van der Waals surface area (Å²) in [5.74, 6) is 0.810. The molecule has 18 heavy (non-hydrogen) atoms. The van der Waals surface area contributed by atoms with Crippen molar-refractivity contribution in [1.82, 2.24) is 14.3 Å². The minimum Gasteiger partial charge on any atom is -0.327 e. The van der Waals surface area contributed by atoms with Crippen LogP contribution in [0.4, 0.5) is 0 Å². The molecule has 2 N–H and O–H groups in total. The van der Waals surface area contributed by atoms with Crippen molar-refractivity contribution in [2.24, 2.45) is 5.73 Å². The van der Waals surface area contributed by atoms with E-state index in [2.05, 4.69) is 27.3 Å². The van der Waals surface area contributed by atoms with Crippen LogP contribution in [0.5, 0.6) is 0 Å². The first-order valence-corrected chi connectivity index (χ1v) is 7.45. The van der Waals surface area contributed by atoms with Crippen LogP contribution >= 0.6 is 23.3 Å². The fourth-order valence-electron chi connectivity index (χ4n) is 1.50. The lowest BCUT2D eigenvalue weighted by molar-refractivity contribution is 0.637. The summed E-state index contributed by atoms with van der Waals surface area (Å²) >= 11 is 2.97. The molecule has 2 heterocycles. The molecule has 0 radical (unpaired) electrons. The van der Waals surface area contributed by atoms with Crippen LogP contribution in [-0.2, 0) is 6.42 Å². The van der Waals surface area contributed by atoms with Crippen LogP contribution in [0.3, 0.4) is 0 Å². The average molecular weight is 280 g/mol. The summed E-state index contributed by atoms with van der Waals surface area (Å²) in [6.07, 6.45) is 3.62. The molecule has 0 spiro atoms. The minimum absolute atomic E-state index is 0.185. The molecule has 4 nitrogen and oxygen atoms in total. The lowest BCUT2D eigenvalue weighted by atomic mass is 10.1. The average Bonchev–Trinajstić information content (AvgIpc) is 2.77. The second-order valence-corrected chi connectivity index (χ2v) is 6.04. The molecule has 0 amide bonds. The maximum Gasteiger partial charge on any atom is 0.176 e. The molecular weight excluding hydrogens is 264 g/mol. The van der Waals surface area contributed by atoms with Gasteiger partial charge in [0.2, 0.25) is 0 Å². The van der Waals surface area contributed by atoms with Crippen molar-refractivity contribution < 1.29 is 0 Å². The SMILES string of the molecule is CCC(N)Cc1cccnc1Sc1nc(C)ns1. The third kappa shape index (κ3) is 3.51.